The number of nitrogens with zero attached hydrogens (tertiary/aromatic N) is 2. The Morgan fingerprint density at radius 2 is 1.75 bits per heavy atom. The van der Waals surface area contributed by atoms with Gasteiger partial charge in [-0.25, -0.2) is 9.97 Å². The van der Waals surface area contributed by atoms with E-state index in [-0.39, 0.29) is 0 Å². The lowest BCUT2D eigenvalue weighted by atomic mass is 9.98. The van der Waals surface area contributed by atoms with Gasteiger partial charge in [0.15, 0.2) is 11.6 Å². The first-order valence-corrected chi connectivity index (χ1v) is 6.79. The van der Waals surface area contributed by atoms with E-state index in [0.717, 1.165) is 23.6 Å². The van der Waals surface area contributed by atoms with Crippen LogP contribution in [0.15, 0.2) is 18.5 Å². The Morgan fingerprint density at radius 3 is 2.40 bits per heavy atom. The fourth-order valence-electron chi connectivity index (χ4n) is 2.27. The van der Waals surface area contributed by atoms with Crippen molar-refractivity contribution in [1.82, 2.24) is 9.97 Å². The molecular weight excluding hydrogens is 250 g/mol. The first-order valence-electron chi connectivity index (χ1n) is 6.79. The van der Waals surface area contributed by atoms with Crippen LogP contribution in [0.4, 0.5) is 5.82 Å². The summed E-state index contributed by atoms with van der Waals surface area (Å²) in [6.45, 7) is 9.14. The maximum Gasteiger partial charge on any atom is 0.187 e. The maximum atomic E-state index is 5.52. The molecule has 0 aliphatic rings. The molecule has 0 saturated heterocycles. The Hall–Kier alpha value is -2.10. The Balaban J connectivity index is 2.63. The predicted molar refractivity (Wildman–Crippen MR) is 82.4 cm³/mol. The van der Waals surface area contributed by atoms with E-state index in [1.54, 1.807) is 13.4 Å². The largest absolute Gasteiger partial charge is 0.491 e. The van der Waals surface area contributed by atoms with E-state index in [9.17, 15) is 0 Å². The number of nitrogens with one attached hydrogen (secondary N) is 1. The first kappa shape index (κ1) is 14.3. The van der Waals surface area contributed by atoms with E-state index in [2.05, 4.69) is 48.2 Å². The molecule has 0 spiro atoms. The monoisotopic (exact) mass is 271 g/mol. The van der Waals surface area contributed by atoms with Gasteiger partial charge in [-0.05, 0) is 50.5 Å². The summed E-state index contributed by atoms with van der Waals surface area (Å²) in [6, 6.07) is 4.34. The molecule has 2 rings (SSSR count). The molecule has 1 aromatic heterocycles. The van der Waals surface area contributed by atoms with E-state index < -0.39 is 0 Å². The van der Waals surface area contributed by atoms with Crippen molar-refractivity contribution >= 4 is 5.82 Å². The van der Waals surface area contributed by atoms with Crippen LogP contribution in [0.2, 0.25) is 0 Å². The van der Waals surface area contributed by atoms with Gasteiger partial charge < -0.3 is 10.1 Å². The second-order valence-electron chi connectivity index (χ2n) is 4.89. The number of anilines is 1. The van der Waals surface area contributed by atoms with Crippen molar-refractivity contribution < 1.29 is 4.74 Å². The minimum absolute atomic E-state index is 0.695. The van der Waals surface area contributed by atoms with Gasteiger partial charge in [-0.3, -0.25) is 0 Å². The Bertz CT molecular complexity index is 623. The number of rotatable bonds is 4. The quantitative estimate of drug-likeness (QED) is 0.924. The topological polar surface area (TPSA) is 47.0 Å². The standard InChI is InChI=1S/C16H21N3O/c1-6-17-16-15(20-5)14(18-9-19-16)13-8-11(3)10(2)7-12(13)4/h7-9H,6H2,1-5H3,(H,17,18,19). The molecule has 0 unspecified atom stereocenters. The van der Waals surface area contributed by atoms with Crippen LogP contribution in [0.25, 0.3) is 11.3 Å². The SMILES string of the molecule is CCNc1ncnc(-c2cc(C)c(C)cc2C)c1OC. The molecule has 0 fully saturated rings. The van der Waals surface area contributed by atoms with Crippen LogP contribution < -0.4 is 10.1 Å². The molecule has 0 radical (unpaired) electrons. The number of hydrogen-bond acceptors (Lipinski definition) is 4. The van der Waals surface area contributed by atoms with Gasteiger partial charge in [0.25, 0.3) is 0 Å². The molecule has 0 aliphatic heterocycles. The van der Waals surface area contributed by atoms with Gasteiger partial charge in [-0.1, -0.05) is 6.07 Å². The van der Waals surface area contributed by atoms with Crippen LogP contribution >= 0.6 is 0 Å². The Morgan fingerprint density at radius 1 is 1.05 bits per heavy atom. The van der Waals surface area contributed by atoms with Crippen molar-refractivity contribution in [3.63, 3.8) is 0 Å². The third-order valence-electron chi connectivity index (χ3n) is 3.45. The van der Waals surface area contributed by atoms with Crippen molar-refractivity contribution in [2.45, 2.75) is 27.7 Å². The summed E-state index contributed by atoms with van der Waals surface area (Å²) >= 11 is 0. The van der Waals surface area contributed by atoms with Gasteiger partial charge >= 0.3 is 0 Å². The van der Waals surface area contributed by atoms with Gasteiger partial charge in [0.05, 0.1) is 7.11 Å². The highest BCUT2D eigenvalue weighted by Crippen LogP contribution is 2.35. The Labute approximate surface area is 120 Å². The van der Waals surface area contributed by atoms with Crippen LogP contribution in [0.5, 0.6) is 5.75 Å². The lowest BCUT2D eigenvalue weighted by Gasteiger charge is -2.15. The lowest BCUT2D eigenvalue weighted by molar-refractivity contribution is 0.414. The van der Waals surface area contributed by atoms with Gasteiger partial charge in [0, 0.05) is 12.1 Å². The summed E-state index contributed by atoms with van der Waals surface area (Å²) in [4.78, 5) is 8.67. The van der Waals surface area contributed by atoms with Gasteiger partial charge in [-0.15, -0.1) is 0 Å². The first-order chi connectivity index (χ1) is 9.58. The van der Waals surface area contributed by atoms with Crippen molar-refractivity contribution in [2.75, 3.05) is 19.0 Å². The average molecular weight is 271 g/mol. The molecule has 106 valence electrons. The molecule has 0 saturated carbocycles. The molecule has 1 heterocycles. The van der Waals surface area contributed by atoms with Gasteiger partial charge in [0.1, 0.15) is 12.0 Å². The number of benzene rings is 1. The van der Waals surface area contributed by atoms with Crippen LogP contribution in [0.3, 0.4) is 0 Å². The molecule has 0 bridgehead atoms. The minimum Gasteiger partial charge on any atom is -0.491 e. The molecule has 2 aromatic rings. The van der Waals surface area contributed by atoms with Crippen molar-refractivity contribution in [2.24, 2.45) is 0 Å². The molecule has 4 nitrogen and oxygen atoms in total. The summed E-state index contributed by atoms with van der Waals surface area (Å²) in [5.74, 6) is 1.43. The summed E-state index contributed by atoms with van der Waals surface area (Å²) < 4.78 is 5.52. The number of aryl methyl sites for hydroxylation is 3. The van der Waals surface area contributed by atoms with E-state index in [4.69, 9.17) is 4.74 Å². The third kappa shape index (κ3) is 2.59. The molecule has 0 aliphatic carbocycles. The average Bonchev–Trinajstić information content (AvgIpc) is 2.43. The second-order valence-corrected chi connectivity index (χ2v) is 4.89. The second kappa shape index (κ2) is 5.90. The summed E-state index contributed by atoms with van der Waals surface area (Å²) in [7, 11) is 1.65. The molecular formula is C16H21N3O. The van der Waals surface area contributed by atoms with Crippen LogP contribution in [-0.4, -0.2) is 23.6 Å². The fourth-order valence-corrected chi connectivity index (χ4v) is 2.27. The van der Waals surface area contributed by atoms with Gasteiger partial charge in [0.2, 0.25) is 0 Å². The number of hydrogen-bond donors (Lipinski definition) is 1. The van der Waals surface area contributed by atoms with E-state index in [0.29, 0.717) is 5.75 Å². The van der Waals surface area contributed by atoms with Crippen molar-refractivity contribution in [1.29, 1.82) is 0 Å². The normalized spacial score (nSPS) is 10.4. The fraction of sp³-hybridized carbons (Fsp3) is 0.375. The van der Waals surface area contributed by atoms with Gasteiger partial charge in [-0.2, -0.15) is 0 Å². The van der Waals surface area contributed by atoms with Crippen LogP contribution in [-0.2, 0) is 0 Å². The van der Waals surface area contributed by atoms with E-state index in [1.807, 2.05) is 6.92 Å². The van der Waals surface area contributed by atoms with E-state index in [1.165, 1.54) is 16.7 Å². The van der Waals surface area contributed by atoms with Crippen molar-refractivity contribution in [3.8, 4) is 17.0 Å². The summed E-state index contributed by atoms with van der Waals surface area (Å²) in [6.07, 6.45) is 1.57. The van der Waals surface area contributed by atoms with Crippen molar-refractivity contribution in [3.05, 3.63) is 35.2 Å². The van der Waals surface area contributed by atoms with Crippen LogP contribution in [0, 0.1) is 20.8 Å². The molecule has 1 aromatic carbocycles. The zero-order valence-corrected chi connectivity index (χ0v) is 12.7. The summed E-state index contributed by atoms with van der Waals surface area (Å²) in [5, 5.41) is 3.21. The van der Waals surface area contributed by atoms with E-state index >= 15 is 0 Å². The molecule has 20 heavy (non-hydrogen) atoms. The smallest absolute Gasteiger partial charge is 0.187 e. The summed E-state index contributed by atoms with van der Waals surface area (Å²) in [5.41, 5.74) is 5.64. The molecule has 0 amide bonds. The molecule has 0 atom stereocenters. The number of methoxy groups -OCH3 is 1. The highest BCUT2D eigenvalue weighted by atomic mass is 16.5. The predicted octanol–water partition coefficient (Wildman–Crippen LogP) is 3.51. The zero-order valence-electron chi connectivity index (χ0n) is 12.7. The molecule has 1 N–H and O–H groups in total. The highest BCUT2D eigenvalue weighted by molar-refractivity contribution is 5.75. The zero-order chi connectivity index (χ0) is 14.7. The third-order valence-corrected chi connectivity index (χ3v) is 3.45. The maximum absolute atomic E-state index is 5.52. The molecule has 4 heteroatoms. The number of ether oxygens (including phenoxy) is 1. The highest BCUT2D eigenvalue weighted by Gasteiger charge is 2.15. The van der Waals surface area contributed by atoms with Crippen LogP contribution in [0.1, 0.15) is 23.6 Å². The lowest BCUT2D eigenvalue weighted by Crippen LogP contribution is -2.04. The Kier molecular flexibility index (Phi) is 4.23. The minimum atomic E-state index is 0.695. The number of aromatic nitrogens is 2.